The van der Waals surface area contributed by atoms with Gasteiger partial charge in [-0.2, -0.15) is 0 Å². The number of nitrogens with zero attached hydrogens (tertiary/aromatic N) is 1. The van der Waals surface area contributed by atoms with E-state index in [0.717, 1.165) is 0 Å². The Hall–Kier alpha value is -1.64. The predicted octanol–water partition coefficient (Wildman–Crippen LogP) is 2.50. The highest BCUT2D eigenvalue weighted by molar-refractivity contribution is 5.02. The Morgan fingerprint density at radius 3 is 2.17 bits per heavy atom. The number of oxazole rings is 1. The number of halogens is 1. The van der Waals surface area contributed by atoms with E-state index in [0.29, 0.717) is 0 Å². The second-order valence-electron chi connectivity index (χ2n) is 1.97. The molecule has 0 bridgehead atoms. The van der Waals surface area contributed by atoms with Gasteiger partial charge in [0.15, 0.2) is 6.39 Å². The van der Waals surface area contributed by atoms with Crippen LogP contribution in [0.15, 0.2) is 53.6 Å². The van der Waals surface area contributed by atoms with E-state index in [1.165, 1.54) is 24.8 Å². The molecule has 62 valence electrons. The quantitative estimate of drug-likeness (QED) is 0.599. The van der Waals surface area contributed by atoms with Crippen molar-refractivity contribution in [3.05, 3.63) is 55.0 Å². The van der Waals surface area contributed by atoms with Gasteiger partial charge in [-0.3, -0.25) is 0 Å². The first-order chi connectivity index (χ1) is 5.89. The molecule has 1 heterocycles. The summed E-state index contributed by atoms with van der Waals surface area (Å²) >= 11 is 0. The zero-order chi connectivity index (χ0) is 8.65. The van der Waals surface area contributed by atoms with Gasteiger partial charge < -0.3 is 4.42 Å². The van der Waals surface area contributed by atoms with E-state index in [1.54, 1.807) is 24.4 Å². The van der Waals surface area contributed by atoms with Gasteiger partial charge in [-0.25, -0.2) is 9.37 Å². The summed E-state index contributed by atoms with van der Waals surface area (Å²) in [5, 5.41) is 0. The molecule has 0 atom stereocenters. The summed E-state index contributed by atoms with van der Waals surface area (Å²) in [7, 11) is 0. The van der Waals surface area contributed by atoms with Crippen LogP contribution in [0.1, 0.15) is 0 Å². The fourth-order valence-electron chi connectivity index (χ4n) is 0.590. The van der Waals surface area contributed by atoms with Crippen molar-refractivity contribution in [2.24, 2.45) is 0 Å². The molecule has 2 rings (SSSR count). The van der Waals surface area contributed by atoms with Gasteiger partial charge >= 0.3 is 0 Å². The fraction of sp³-hybridized carbons (Fsp3) is 0. The van der Waals surface area contributed by atoms with Crippen molar-refractivity contribution >= 4 is 0 Å². The molecule has 0 aliphatic heterocycles. The molecule has 0 aliphatic rings. The van der Waals surface area contributed by atoms with Crippen LogP contribution in [0, 0.1) is 5.82 Å². The third-order valence-electron chi connectivity index (χ3n) is 1.08. The molecule has 0 amide bonds. The Morgan fingerprint density at radius 2 is 1.92 bits per heavy atom. The van der Waals surface area contributed by atoms with E-state index in [4.69, 9.17) is 0 Å². The smallest absolute Gasteiger partial charge is 0.180 e. The van der Waals surface area contributed by atoms with Crippen LogP contribution in [0.4, 0.5) is 4.39 Å². The lowest BCUT2D eigenvalue weighted by Crippen LogP contribution is -1.63. The molecule has 2 aromatic rings. The molecule has 0 fully saturated rings. The average molecular weight is 165 g/mol. The van der Waals surface area contributed by atoms with Crippen molar-refractivity contribution in [1.82, 2.24) is 4.98 Å². The molecule has 1 aromatic carbocycles. The molecule has 2 nitrogen and oxygen atoms in total. The van der Waals surface area contributed by atoms with Gasteiger partial charge in [0.1, 0.15) is 12.1 Å². The van der Waals surface area contributed by atoms with Gasteiger partial charge in [0.25, 0.3) is 0 Å². The molecule has 12 heavy (non-hydrogen) atoms. The lowest BCUT2D eigenvalue weighted by molar-refractivity contribution is 0.558. The Morgan fingerprint density at radius 1 is 1.17 bits per heavy atom. The zero-order valence-electron chi connectivity index (χ0n) is 6.35. The van der Waals surface area contributed by atoms with Crippen LogP contribution in [0.25, 0.3) is 0 Å². The van der Waals surface area contributed by atoms with Crippen LogP contribution >= 0.6 is 0 Å². The predicted molar refractivity (Wildman–Crippen MR) is 42.9 cm³/mol. The van der Waals surface area contributed by atoms with Crippen LogP contribution < -0.4 is 0 Å². The lowest BCUT2D eigenvalue weighted by atomic mass is 10.4. The molecule has 0 unspecified atom stereocenters. The summed E-state index contributed by atoms with van der Waals surface area (Å²) < 4.78 is 16.4. The summed E-state index contributed by atoms with van der Waals surface area (Å²) in [6.07, 6.45) is 4.47. The first-order valence-corrected chi connectivity index (χ1v) is 3.42. The van der Waals surface area contributed by atoms with Crippen LogP contribution in [-0.4, -0.2) is 4.98 Å². The minimum Gasteiger partial charge on any atom is -0.452 e. The summed E-state index contributed by atoms with van der Waals surface area (Å²) in [6.45, 7) is 0. The monoisotopic (exact) mass is 165 g/mol. The van der Waals surface area contributed by atoms with Crippen molar-refractivity contribution in [2.45, 2.75) is 0 Å². The highest BCUT2D eigenvalue weighted by Crippen LogP contribution is 1.91. The van der Waals surface area contributed by atoms with Crippen molar-refractivity contribution in [3.8, 4) is 0 Å². The summed E-state index contributed by atoms with van der Waals surface area (Å²) in [5.41, 5.74) is 0. The third kappa shape index (κ3) is 3.51. The van der Waals surface area contributed by atoms with Gasteiger partial charge in [0.2, 0.25) is 0 Å². The minimum atomic E-state index is -0.178. The SMILES string of the molecule is Fc1ccccc1.c1cocn1. The van der Waals surface area contributed by atoms with E-state index in [9.17, 15) is 4.39 Å². The molecule has 0 radical (unpaired) electrons. The first kappa shape index (κ1) is 8.46. The number of aromatic nitrogens is 1. The van der Waals surface area contributed by atoms with E-state index >= 15 is 0 Å². The van der Waals surface area contributed by atoms with E-state index in [-0.39, 0.29) is 5.82 Å². The van der Waals surface area contributed by atoms with E-state index in [1.807, 2.05) is 0 Å². The molecule has 0 saturated heterocycles. The summed E-state index contributed by atoms with van der Waals surface area (Å²) in [4.78, 5) is 3.56. The van der Waals surface area contributed by atoms with E-state index in [2.05, 4.69) is 9.40 Å². The molecular formula is C9H8FNO. The van der Waals surface area contributed by atoms with Crippen molar-refractivity contribution < 1.29 is 8.81 Å². The molecule has 3 heteroatoms. The zero-order valence-corrected chi connectivity index (χ0v) is 6.35. The van der Waals surface area contributed by atoms with Crippen LogP contribution in [-0.2, 0) is 0 Å². The van der Waals surface area contributed by atoms with Gasteiger partial charge in [-0.15, -0.1) is 0 Å². The van der Waals surface area contributed by atoms with Gasteiger partial charge in [-0.1, -0.05) is 18.2 Å². The topological polar surface area (TPSA) is 26.0 Å². The maximum absolute atomic E-state index is 11.9. The minimum absolute atomic E-state index is 0.178. The second kappa shape index (κ2) is 5.07. The molecule has 1 aromatic heterocycles. The second-order valence-corrected chi connectivity index (χ2v) is 1.97. The molecular weight excluding hydrogens is 157 g/mol. The molecule has 0 spiro atoms. The van der Waals surface area contributed by atoms with Crippen molar-refractivity contribution in [2.75, 3.05) is 0 Å². The van der Waals surface area contributed by atoms with Crippen molar-refractivity contribution in [3.63, 3.8) is 0 Å². The average Bonchev–Trinajstić information content (AvgIpc) is 2.62. The van der Waals surface area contributed by atoms with Crippen LogP contribution in [0.2, 0.25) is 0 Å². The van der Waals surface area contributed by atoms with Gasteiger partial charge in [0, 0.05) is 0 Å². The third-order valence-corrected chi connectivity index (χ3v) is 1.08. The lowest BCUT2D eigenvalue weighted by Gasteiger charge is -1.78. The summed E-state index contributed by atoms with van der Waals surface area (Å²) in [5.74, 6) is -0.178. The van der Waals surface area contributed by atoms with Crippen LogP contribution in [0.5, 0.6) is 0 Å². The normalized spacial score (nSPS) is 8.42. The number of rotatable bonds is 0. The number of hydrogen-bond donors (Lipinski definition) is 0. The fourth-order valence-corrected chi connectivity index (χ4v) is 0.590. The highest BCUT2D eigenvalue weighted by atomic mass is 19.1. The first-order valence-electron chi connectivity index (χ1n) is 3.42. The standard InChI is InChI=1S/C6H5F.C3H3NO/c7-6-4-2-1-3-5-6;1-2-5-3-4-1/h1-5H;1-3H. The Kier molecular flexibility index (Phi) is 3.57. The number of benzene rings is 1. The van der Waals surface area contributed by atoms with E-state index < -0.39 is 0 Å². The Bertz CT molecular complexity index is 263. The Labute approximate surface area is 69.7 Å². The highest BCUT2D eigenvalue weighted by Gasteiger charge is 1.77. The largest absolute Gasteiger partial charge is 0.452 e. The van der Waals surface area contributed by atoms with Gasteiger partial charge in [0.05, 0.1) is 6.20 Å². The molecule has 0 aliphatic carbocycles. The maximum Gasteiger partial charge on any atom is 0.180 e. The molecule has 0 N–H and O–H groups in total. The maximum atomic E-state index is 11.9. The summed E-state index contributed by atoms with van der Waals surface area (Å²) in [6, 6.07) is 7.94. The van der Waals surface area contributed by atoms with Crippen LogP contribution in [0.3, 0.4) is 0 Å². The van der Waals surface area contributed by atoms with Gasteiger partial charge in [-0.05, 0) is 12.1 Å². The number of hydrogen-bond acceptors (Lipinski definition) is 2. The Balaban J connectivity index is 0.000000127. The van der Waals surface area contributed by atoms with Crippen molar-refractivity contribution in [1.29, 1.82) is 0 Å². The molecule has 0 saturated carbocycles.